The lowest BCUT2D eigenvalue weighted by Gasteiger charge is -2.36. The van der Waals surface area contributed by atoms with Gasteiger partial charge in [0.25, 0.3) is 0 Å². The molecule has 1 heterocycles. The fourth-order valence-electron chi connectivity index (χ4n) is 2.54. The minimum Gasteiger partial charge on any atom is -0.311 e. The Morgan fingerprint density at radius 2 is 2.32 bits per heavy atom. The fourth-order valence-corrected chi connectivity index (χ4v) is 2.77. The minimum atomic E-state index is -0.272. The van der Waals surface area contributed by atoms with Gasteiger partial charge >= 0.3 is 0 Å². The van der Waals surface area contributed by atoms with E-state index in [1.54, 1.807) is 6.07 Å². The summed E-state index contributed by atoms with van der Waals surface area (Å²) in [4.78, 5) is 2.40. The van der Waals surface area contributed by atoms with Crippen molar-refractivity contribution in [3.8, 4) is 0 Å². The second-order valence-corrected chi connectivity index (χ2v) is 5.82. The van der Waals surface area contributed by atoms with Crippen LogP contribution in [0.25, 0.3) is 0 Å². The lowest BCUT2D eigenvalue weighted by Crippen LogP contribution is -2.52. The van der Waals surface area contributed by atoms with E-state index in [0.717, 1.165) is 31.7 Å². The topological polar surface area (TPSA) is 15.3 Å². The van der Waals surface area contributed by atoms with Gasteiger partial charge in [0.1, 0.15) is 5.82 Å². The Morgan fingerprint density at radius 1 is 1.53 bits per heavy atom. The number of rotatable bonds is 4. The van der Waals surface area contributed by atoms with Crippen molar-refractivity contribution in [3.63, 3.8) is 0 Å². The van der Waals surface area contributed by atoms with Crippen LogP contribution >= 0.6 is 11.6 Å². The molecule has 1 aromatic carbocycles. The zero-order valence-electron chi connectivity index (χ0n) is 11.6. The second kappa shape index (κ2) is 6.69. The monoisotopic (exact) mass is 284 g/mol. The molecule has 2 nitrogen and oxygen atoms in total. The van der Waals surface area contributed by atoms with Crippen molar-refractivity contribution in [2.24, 2.45) is 5.92 Å². The highest BCUT2D eigenvalue weighted by molar-refractivity contribution is 6.31. The molecule has 0 bridgehead atoms. The molecule has 0 radical (unpaired) electrons. The van der Waals surface area contributed by atoms with Crippen molar-refractivity contribution in [1.29, 1.82) is 0 Å². The molecule has 0 amide bonds. The summed E-state index contributed by atoms with van der Waals surface area (Å²) in [6.07, 6.45) is 1.18. The first kappa shape index (κ1) is 14.8. The predicted molar refractivity (Wildman–Crippen MR) is 77.9 cm³/mol. The maximum atomic E-state index is 13.0. The SMILES string of the molecule is CCC(C)C1CN(Cc2ccc(F)cc2Cl)CCN1. The lowest BCUT2D eigenvalue weighted by atomic mass is 9.97. The van der Waals surface area contributed by atoms with Crippen molar-refractivity contribution in [2.75, 3.05) is 19.6 Å². The van der Waals surface area contributed by atoms with Gasteiger partial charge in [0.2, 0.25) is 0 Å². The summed E-state index contributed by atoms with van der Waals surface area (Å²) in [5.41, 5.74) is 1.01. The number of hydrogen-bond donors (Lipinski definition) is 1. The van der Waals surface area contributed by atoms with Crippen molar-refractivity contribution in [3.05, 3.63) is 34.6 Å². The molecule has 1 fully saturated rings. The number of hydrogen-bond acceptors (Lipinski definition) is 2. The van der Waals surface area contributed by atoms with E-state index in [1.807, 2.05) is 0 Å². The molecular formula is C15H22ClFN2. The summed E-state index contributed by atoms with van der Waals surface area (Å²) in [7, 11) is 0. The molecule has 2 rings (SSSR count). The van der Waals surface area contributed by atoms with Crippen LogP contribution < -0.4 is 5.32 Å². The molecule has 2 atom stereocenters. The van der Waals surface area contributed by atoms with Gasteiger partial charge in [-0.3, -0.25) is 4.90 Å². The standard InChI is InChI=1S/C15H22ClFN2/c1-3-11(2)15-10-19(7-6-18-15)9-12-4-5-13(17)8-14(12)16/h4-5,8,11,15,18H,3,6-7,9-10H2,1-2H3. The smallest absolute Gasteiger partial charge is 0.124 e. The summed E-state index contributed by atoms with van der Waals surface area (Å²) in [6.45, 7) is 8.36. The first-order valence-corrected chi connectivity index (χ1v) is 7.37. The molecule has 0 spiro atoms. The van der Waals surface area contributed by atoms with E-state index in [4.69, 9.17) is 11.6 Å². The summed E-state index contributed by atoms with van der Waals surface area (Å²) in [6, 6.07) is 5.21. The summed E-state index contributed by atoms with van der Waals surface area (Å²) in [5.74, 6) is 0.401. The van der Waals surface area contributed by atoms with Gasteiger partial charge in [0.15, 0.2) is 0 Å². The van der Waals surface area contributed by atoms with Crippen LogP contribution in [0.1, 0.15) is 25.8 Å². The number of nitrogens with zero attached hydrogens (tertiary/aromatic N) is 1. The van der Waals surface area contributed by atoms with Crippen molar-refractivity contribution in [2.45, 2.75) is 32.9 Å². The average Bonchev–Trinajstić information content (AvgIpc) is 2.41. The first-order valence-electron chi connectivity index (χ1n) is 6.99. The normalized spacial score (nSPS) is 22.4. The molecule has 1 aromatic rings. The van der Waals surface area contributed by atoms with E-state index in [9.17, 15) is 4.39 Å². The molecule has 0 aliphatic carbocycles. The van der Waals surface area contributed by atoms with Crippen LogP contribution in [0, 0.1) is 11.7 Å². The van der Waals surface area contributed by atoms with Crippen molar-refractivity contribution < 1.29 is 4.39 Å². The minimum absolute atomic E-state index is 0.272. The van der Waals surface area contributed by atoms with Crippen molar-refractivity contribution in [1.82, 2.24) is 10.2 Å². The Balaban J connectivity index is 1.98. The molecule has 106 valence electrons. The average molecular weight is 285 g/mol. The van der Waals surface area contributed by atoms with Gasteiger partial charge < -0.3 is 5.32 Å². The predicted octanol–water partition coefficient (Wildman–Crippen LogP) is 3.30. The Labute approximate surface area is 119 Å². The summed E-state index contributed by atoms with van der Waals surface area (Å²) < 4.78 is 13.0. The van der Waals surface area contributed by atoms with Crippen LogP contribution in [0.3, 0.4) is 0 Å². The third-order valence-electron chi connectivity index (χ3n) is 4.03. The number of piperazine rings is 1. The quantitative estimate of drug-likeness (QED) is 0.913. The molecule has 19 heavy (non-hydrogen) atoms. The molecule has 1 N–H and O–H groups in total. The molecule has 4 heteroatoms. The molecule has 0 aromatic heterocycles. The van der Waals surface area contributed by atoms with Crippen molar-refractivity contribution >= 4 is 11.6 Å². The van der Waals surface area contributed by atoms with Gasteiger partial charge in [-0.15, -0.1) is 0 Å². The molecule has 1 saturated heterocycles. The zero-order valence-corrected chi connectivity index (χ0v) is 12.4. The molecule has 0 saturated carbocycles. The highest BCUT2D eigenvalue weighted by Gasteiger charge is 2.23. The van der Waals surface area contributed by atoms with Crippen LogP contribution in [0.5, 0.6) is 0 Å². The third-order valence-corrected chi connectivity index (χ3v) is 4.38. The Kier molecular flexibility index (Phi) is 5.20. The maximum Gasteiger partial charge on any atom is 0.124 e. The van der Waals surface area contributed by atoms with Crippen LogP contribution in [0.4, 0.5) is 4.39 Å². The lowest BCUT2D eigenvalue weighted by molar-refractivity contribution is 0.162. The highest BCUT2D eigenvalue weighted by Crippen LogP contribution is 2.20. The largest absolute Gasteiger partial charge is 0.311 e. The Hall–Kier alpha value is -0.640. The van der Waals surface area contributed by atoms with Crippen LogP contribution in [0.2, 0.25) is 5.02 Å². The summed E-state index contributed by atoms with van der Waals surface area (Å²) in [5, 5.41) is 4.10. The van der Waals surface area contributed by atoms with Gasteiger partial charge in [-0.05, 0) is 23.6 Å². The van der Waals surface area contributed by atoms with E-state index >= 15 is 0 Å². The molecule has 1 aliphatic rings. The molecule has 1 aliphatic heterocycles. The van der Waals surface area contributed by atoms with Gasteiger partial charge in [-0.1, -0.05) is 37.9 Å². The highest BCUT2D eigenvalue weighted by atomic mass is 35.5. The number of nitrogens with one attached hydrogen (secondary N) is 1. The molecule has 2 unspecified atom stereocenters. The third kappa shape index (κ3) is 3.91. The van der Waals surface area contributed by atoms with E-state index in [1.165, 1.54) is 18.6 Å². The van der Waals surface area contributed by atoms with E-state index in [-0.39, 0.29) is 5.82 Å². The van der Waals surface area contributed by atoms with E-state index in [0.29, 0.717) is 17.0 Å². The Bertz CT molecular complexity index is 425. The number of benzene rings is 1. The van der Waals surface area contributed by atoms with Crippen LogP contribution in [-0.2, 0) is 6.54 Å². The fraction of sp³-hybridized carbons (Fsp3) is 0.600. The van der Waals surface area contributed by atoms with Crippen LogP contribution in [-0.4, -0.2) is 30.6 Å². The van der Waals surface area contributed by atoms with Gasteiger partial charge in [-0.2, -0.15) is 0 Å². The zero-order chi connectivity index (χ0) is 13.8. The van der Waals surface area contributed by atoms with Gasteiger partial charge in [0.05, 0.1) is 0 Å². The van der Waals surface area contributed by atoms with Gasteiger partial charge in [-0.25, -0.2) is 4.39 Å². The summed E-state index contributed by atoms with van der Waals surface area (Å²) >= 11 is 6.09. The first-order chi connectivity index (χ1) is 9.10. The number of halogens is 2. The van der Waals surface area contributed by atoms with E-state index in [2.05, 4.69) is 24.1 Å². The molecular weight excluding hydrogens is 263 g/mol. The van der Waals surface area contributed by atoms with Crippen LogP contribution in [0.15, 0.2) is 18.2 Å². The second-order valence-electron chi connectivity index (χ2n) is 5.42. The maximum absolute atomic E-state index is 13.0. The van der Waals surface area contributed by atoms with E-state index < -0.39 is 0 Å². The Morgan fingerprint density at radius 3 is 3.00 bits per heavy atom. The van der Waals surface area contributed by atoms with Gasteiger partial charge in [0, 0.05) is 37.2 Å².